The Kier molecular flexibility index (Phi) is 10.5. The van der Waals surface area contributed by atoms with E-state index in [1.165, 1.54) is 18.9 Å². The Labute approximate surface area is 115 Å². The van der Waals surface area contributed by atoms with Crippen LogP contribution in [0.1, 0.15) is 27.7 Å². The fourth-order valence-corrected chi connectivity index (χ4v) is 8.79. The molecule has 0 aromatic carbocycles. The predicted molar refractivity (Wildman–Crippen MR) is 81.5 cm³/mol. The largest absolute Gasteiger partial charge is 0.499 e. The molecule has 18 heavy (non-hydrogen) atoms. The summed E-state index contributed by atoms with van der Waals surface area (Å²) in [6.45, 7) is 3.25. The average Bonchev–Trinajstić information content (AvgIpc) is 2.33. The molecule has 1 aliphatic heterocycles. The topological polar surface area (TPSA) is 36.9 Å². The van der Waals surface area contributed by atoms with Gasteiger partial charge in [0.25, 0.3) is 0 Å². The Morgan fingerprint density at radius 3 is 2.00 bits per heavy atom. The quantitative estimate of drug-likeness (QED) is 0.703. The van der Waals surface area contributed by atoms with E-state index in [-0.39, 0.29) is 14.9 Å². The second-order valence-corrected chi connectivity index (χ2v) is 11.8. The highest BCUT2D eigenvalue weighted by Crippen LogP contribution is 2.30. The van der Waals surface area contributed by atoms with Crippen molar-refractivity contribution in [3.05, 3.63) is 0 Å². The van der Waals surface area contributed by atoms with E-state index in [2.05, 4.69) is 6.55 Å². The third-order valence-corrected chi connectivity index (χ3v) is 10.3. The minimum Gasteiger partial charge on any atom is -0.417 e. The van der Waals surface area contributed by atoms with Crippen LogP contribution in [-0.2, 0) is 17.7 Å². The molecule has 1 fully saturated rings. The van der Waals surface area contributed by atoms with E-state index in [0.29, 0.717) is 0 Å². The Morgan fingerprint density at radius 2 is 1.61 bits per heavy atom. The first-order valence-corrected chi connectivity index (χ1v) is 10.6. The maximum absolute atomic E-state index is 5.99. The summed E-state index contributed by atoms with van der Waals surface area (Å²) in [7, 11) is 1.12. The molecule has 1 unspecified atom stereocenters. The molecule has 0 aliphatic carbocycles. The zero-order valence-electron chi connectivity index (χ0n) is 10.9. The summed E-state index contributed by atoms with van der Waals surface area (Å²) >= 11 is 0. The van der Waals surface area contributed by atoms with Gasteiger partial charge < -0.3 is 17.7 Å². The fourth-order valence-electron chi connectivity index (χ4n) is 2.16. The van der Waals surface area contributed by atoms with E-state index in [4.69, 9.17) is 17.7 Å². The van der Waals surface area contributed by atoms with Crippen molar-refractivity contribution < 1.29 is 17.7 Å². The van der Waals surface area contributed by atoms with Gasteiger partial charge >= 0.3 is 8.80 Å². The monoisotopic (exact) mass is 296 g/mol. The summed E-state index contributed by atoms with van der Waals surface area (Å²) in [5.74, 6) is 0. The van der Waals surface area contributed by atoms with Crippen LogP contribution in [0.5, 0.6) is 0 Å². The van der Waals surface area contributed by atoms with Gasteiger partial charge in [-0.1, -0.05) is 21.3 Å². The second kappa shape index (κ2) is 9.22. The molecule has 1 atom stereocenters. The summed E-state index contributed by atoms with van der Waals surface area (Å²) in [6, 6.07) is 3.21. The highest BCUT2D eigenvalue weighted by Gasteiger charge is 2.42. The molecule has 0 spiro atoms. The Morgan fingerprint density at radius 1 is 1.06 bits per heavy atom. The van der Waals surface area contributed by atoms with E-state index >= 15 is 0 Å². The van der Waals surface area contributed by atoms with Gasteiger partial charge in [-0.05, 0) is 25.1 Å². The van der Waals surface area contributed by atoms with E-state index in [1.807, 2.05) is 0 Å². The van der Waals surface area contributed by atoms with Crippen LogP contribution in [0.25, 0.3) is 0 Å². The van der Waals surface area contributed by atoms with Gasteiger partial charge in [0.15, 0.2) is 8.32 Å². The van der Waals surface area contributed by atoms with Gasteiger partial charge in [-0.25, -0.2) is 0 Å². The highest BCUT2D eigenvalue weighted by molar-refractivity contribution is 6.74. The lowest BCUT2D eigenvalue weighted by molar-refractivity contribution is 0.124. The van der Waals surface area contributed by atoms with Gasteiger partial charge in [0.05, 0.1) is 0 Å². The Bertz CT molecular complexity index is 196. The van der Waals surface area contributed by atoms with Gasteiger partial charge in [0, 0.05) is 34.0 Å². The van der Waals surface area contributed by atoms with Crippen molar-refractivity contribution in [3.8, 4) is 0 Å². The summed E-state index contributed by atoms with van der Waals surface area (Å²) in [6.07, 6.45) is 2.52. The number of hydrogen-bond acceptors (Lipinski definition) is 4. The average molecular weight is 297 g/mol. The summed E-state index contributed by atoms with van der Waals surface area (Å²) in [5, 5.41) is 0. The maximum Gasteiger partial charge on any atom is 0.499 e. The van der Waals surface area contributed by atoms with Crippen molar-refractivity contribution in [2.24, 2.45) is 0 Å². The lowest BCUT2D eigenvalue weighted by atomic mass is 10.4. The molecule has 0 aromatic heterocycles. The smallest absolute Gasteiger partial charge is 0.417 e. The molecule has 4 nitrogen and oxygen atoms in total. The molecule has 1 heterocycles. The lowest BCUT2D eigenvalue weighted by Gasteiger charge is -2.34. The molecule has 6 heteroatoms. The SMILES string of the molecule is C.C.CO[Si](CC[Si]1(C)CCCCO1)(OC)OC. The van der Waals surface area contributed by atoms with E-state index in [0.717, 1.165) is 18.7 Å². The molecular formula is C12H32O4Si2. The standard InChI is InChI=1S/C10H24O4Si2.2CH4/c1-11-16(12-2,13-3)10-9-15(4)8-6-5-7-14-15;;/h5-10H2,1-4H3;2*1H4. The first-order valence-electron chi connectivity index (χ1n) is 5.89. The van der Waals surface area contributed by atoms with Crippen LogP contribution in [0.4, 0.5) is 0 Å². The van der Waals surface area contributed by atoms with E-state index < -0.39 is 17.1 Å². The van der Waals surface area contributed by atoms with Crippen LogP contribution >= 0.6 is 0 Å². The zero-order chi connectivity index (χ0) is 12.1. The molecule has 0 bridgehead atoms. The van der Waals surface area contributed by atoms with Gasteiger partial charge in [-0.2, -0.15) is 0 Å². The van der Waals surface area contributed by atoms with Crippen LogP contribution in [-0.4, -0.2) is 45.1 Å². The van der Waals surface area contributed by atoms with Crippen LogP contribution in [0, 0.1) is 0 Å². The van der Waals surface area contributed by atoms with Crippen molar-refractivity contribution in [2.75, 3.05) is 27.9 Å². The Balaban J connectivity index is 0. The van der Waals surface area contributed by atoms with E-state index in [1.54, 1.807) is 21.3 Å². The molecule has 0 aromatic rings. The van der Waals surface area contributed by atoms with Crippen LogP contribution < -0.4 is 0 Å². The normalized spacial score (nSPS) is 24.0. The van der Waals surface area contributed by atoms with Crippen molar-refractivity contribution in [1.82, 2.24) is 0 Å². The molecule has 0 radical (unpaired) electrons. The van der Waals surface area contributed by atoms with Crippen LogP contribution in [0.3, 0.4) is 0 Å². The predicted octanol–water partition coefficient (Wildman–Crippen LogP) is 3.52. The fraction of sp³-hybridized carbons (Fsp3) is 1.00. The molecular weight excluding hydrogens is 264 g/mol. The minimum absolute atomic E-state index is 0. The second-order valence-electron chi connectivity index (χ2n) is 4.55. The van der Waals surface area contributed by atoms with Crippen molar-refractivity contribution in [2.45, 2.75) is 52.4 Å². The lowest BCUT2D eigenvalue weighted by Crippen LogP contribution is -2.46. The van der Waals surface area contributed by atoms with Crippen LogP contribution in [0.2, 0.25) is 24.7 Å². The molecule has 0 N–H and O–H groups in total. The third-order valence-electron chi connectivity index (χ3n) is 3.44. The summed E-state index contributed by atoms with van der Waals surface area (Å²) in [5.41, 5.74) is 0. The minimum atomic E-state index is -2.39. The summed E-state index contributed by atoms with van der Waals surface area (Å²) < 4.78 is 22.3. The number of rotatable bonds is 6. The highest BCUT2D eigenvalue weighted by atomic mass is 28.4. The first kappa shape index (κ1) is 20.6. The van der Waals surface area contributed by atoms with Gasteiger partial charge in [0.1, 0.15) is 0 Å². The van der Waals surface area contributed by atoms with Crippen molar-refractivity contribution >= 4 is 17.1 Å². The molecule has 1 rings (SSSR count). The number of hydrogen-bond donors (Lipinski definition) is 0. The third kappa shape index (κ3) is 5.50. The molecule has 0 amide bonds. The van der Waals surface area contributed by atoms with Crippen LogP contribution in [0.15, 0.2) is 0 Å². The van der Waals surface area contributed by atoms with Crippen molar-refractivity contribution in [1.29, 1.82) is 0 Å². The maximum atomic E-state index is 5.99. The van der Waals surface area contributed by atoms with E-state index in [9.17, 15) is 0 Å². The molecule has 1 saturated heterocycles. The molecule has 1 aliphatic rings. The van der Waals surface area contributed by atoms with Gasteiger partial charge in [0.2, 0.25) is 0 Å². The zero-order valence-corrected chi connectivity index (χ0v) is 12.9. The summed E-state index contributed by atoms with van der Waals surface area (Å²) in [4.78, 5) is 0. The molecule has 112 valence electrons. The first-order chi connectivity index (χ1) is 7.60. The van der Waals surface area contributed by atoms with Crippen molar-refractivity contribution in [3.63, 3.8) is 0 Å². The molecule has 0 saturated carbocycles. The van der Waals surface area contributed by atoms with Gasteiger partial charge in [-0.3, -0.25) is 0 Å². The Hall–Kier alpha value is 0.274. The van der Waals surface area contributed by atoms with Gasteiger partial charge in [-0.15, -0.1) is 0 Å².